The zero-order valence-corrected chi connectivity index (χ0v) is 14.1. The second kappa shape index (κ2) is 8.29. The van der Waals surface area contributed by atoms with Gasteiger partial charge in [0.15, 0.2) is 0 Å². The van der Waals surface area contributed by atoms with Crippen molar-refractivity contribution < 1.29 is 14.6 Å². The number of hydrogen-bond donors (Lipinski definition) is 1. The first-order valence-corrected chi connectivity index (χ1v) is 8.57. The SMILES string of the molecule is CCOc1cccc(-c2ccc(C(O)CN3CCOCC3)cc2)c1. The Morgan fingerprint density at radius 2 is 1.83 bits per heavy atom. The molecule has 2 aromatic carbocycles. The molecular weight excluding hydrogens is 302 g/mol. The van der Waals surface area contributed by atoms with Crippen molar-refractivity contribution in [1.29, 1.82) is 0 Å². The smallest absolute Gasteiger partial charge is 0.119 e. The second-order valence-electron chi connectivity index (χ2n) is 6.01. The third-order valence-corrected chi connectivity index (χ3v) is 4.31. The van der Waals surface area contributed by atoms with Gasteiger partial charge >= 0.3 is 0 Å². The van der Waals surface area contributed by atoms with Gasteiger partial charge in [-0.3, -0.25) is 4.90 Å². The van der Waals surface area contributed by atoms with Crippen LogP contribution in [0.4, 0.5) is 0 Å². The largest absolute Gasteiger partial charge is 0.494 e. The Bertz CT molecular complexity index is 636. The van der Waals surface area contributed by atoms with Crippen LogP contribution in [0.25, 0.3) is 11.1 Å². The monoisotopic (exact) mass is 327 g/mol. The van der Waals surface area contributed by atoms with Crippen LogP contribution in [0.1, 0.15) is 18.6 Å². The van der Waals surface area contributed by atoms with Gasteiger partial charge in [0.05, 0.1) is 25.9 Å². The van der Waals surface area contributed by atoms with E-state index in [1.54, 1.807) is 0 Å². The summed E-state index contributed by atoms with van der Waals surface area (Å²) < 4.78 is 10.9. The van der Waals surface area contributed by atoms with E-state index in [4.69, 9.17) is 9.47 Å². The first-order valence-electron chi connectivity index (χ1n) is 8.57. The summed E-state index contributed by atoms with van der Waals surface area (Å²) in [5.74, 6) is 0.881. The van der Waals surface area contributed by atoms with Crippen LogP contribution in [-0.2, 0) is 4.74 Å². The fraction of sp³-hybridized carbons (Fsp3) is 0.400. The average Bonchev–Trinajstić information content (AvgIpc) is 2.63. The Kier molecular flexibility index (Phi) is 5.86. The fourth-order valence-corrected chi connectivity index (χ4v) is 2.96. The van der Waals surface area contributed by atoms with Crippen molar-refractivity contribution in [2.45, 2.75) is 13.0 Å². The Labute approximate surface area is 143 Å². The molecule has 128 valence electrons. The summed E-state index contributed by atoms with van der Waals surface area (Å²) in [4.78, 5) is 2.24. The van der Waals surface area contributed by atoms with Crippen LogP contribution in [0.15, 0.2) is 48.5 Å². The van der Waals surface area contributed by atoms with Crippen LogP contribution in [0.2, 0.25) is 0 Å². The lowest BCUT2D eigenvalue weighted by Crippen LogP contribution is -2.38. The van der Waals surface area contributed by atoms with Crippen molar-refractivity contribution >= 4 is 0 Å². The number of ether oxygens (including phenoxy) is 2. The van der Waals surface area contributed by atoms with Crippen LogP contribution in [0.3, 0.4) is 0 Å². The molecule has 0 bridgehead atoms. The summed E-state index contributed by atoms with van der Waals surface area (Å²) in [6, 6.07) is 16.2. The molecule has 1 N–H and O–H groups in total. The van der Waals surface area contributed by atoms with E-state index in [0.717, 1.165) is 48.7 Å². The standard InChI is InChI=1S/C20H25NO3/c1-2-24-19-5-3-4-18(14-19)16-6-8-17(9-7-16)20(22)15-21-10-12-23-13-11-21/h3-9,14,20,22H,2,10-13,15H2,1H3. The first-order chi connectivity index (χ1) is 11.8. The molecular formula is C20H25NO3. The number of hydrogen-bond acceptors (Lipinski definition) is 4. The molecule has 3 rings (SSSR count). The molecule has 0 amide bonds. The molecule has 0 saturated carbocycles. The summed E-state index contributed by atoms with van der Waals surface area (Å²) in [7, 11) is 0. The van der Waals surface area contributed by atoms with E-state index in [9.17, 15) is 5.11 Å². The minimum atomic E-state index is -0.466. The predicted octanol–water partition coefficient (Wildman–Crippen LogP) is 3.12. The number of nitrogens with zero attached hydrogens (tertiary/aromatic N) is 1. The Morgan fingerprint density at radius 1 is 1.08 bits per heavy atom. The van der Waals surface area contributed by atoms with Gasteiger partial charge in [-0.2, -0.15) is 0 Å². The summed E-state index contributed by atoms with van der Waals surface area (Å²) in [5.41, 5.74) is 3.19. The Balaban J connectivity index is 1.67. The van der Waals surface area contributed by atoms with Gasteiger partial charge in [0.25, 0.3) is 0 Å². The maximum Gasteiger partial charge on any atom is 0.119 e. The maximum atomic E-state index is 10.4. The van der Waals surface area contributed by atoms with Crippen LogP contribution < -0.4 is 4.74 Å². The summed E-state index contributed by atoms with van der Waals surface area (Å²) in [6.45, 7) is 6.58. The zero-order valence-electron chi connectivity index (χ0n) is 14.1. The van der Waals surface area contributed by atoms with Gasteiger partial charge in [0, 0.05) is 19.6 Å². The predicted molar refractivity (Wildman–Crippen MR) is 95.3 cm³/mol. The van der Waals surface area contributed by atoms with Crippen molar-refractivity contribution in [2.75, 3.05) is 39.5 Å². The number of β-amino-alcohol motifs (C(OH)–C–C–N with tert-alkyl or cyclic N) is 1. The summed E-state index contributed by atoms with van der Waals surface area (Å²) in [6.07, 6.45) is -0.466. The minimum Gasteiger partial charge on any atom is -0.494 e. The second-order valence-corrected chi connectivity index (χ2v) is 6.01. The molecule has 0 radical (unpaired) electrons. The molecule has 1 fully saturated rings. The van der Waals surface area contributed by atoms with Crippen molar-refractivity contribution in [1.82, 2.24) is 4.90 Å². The highest BCUT2D eigenvalue weighted by Crippen LogP contribution is 2.26. The number of morpholine rings is 1. The highest BCUT2D eigenvalue weighted by molar-refractivity contribution is 5.65. The molecule has 1 aliphatic heterocycles. The Hall–Kier alpha value is -1.88. The van der Waals surface area contributed by atoms with E-state index in [0.29, 0.717) is 13.2 Å². The third-order valence-electron chi connectivity index (χ3n) is 4.31. The molecule has 0 spiro atoms. The highest BCUT2D eigenvalue weighted by atomic mass is 16.5. The van der Waals surface area contributed by atoms with Gasteiger partial charge < -0.3 is 14.6 Å². The van der Waals surface area contributed by atoms with E-state index in [-0.39, 0.29) is 0 Å². The molecule has 1 unspecified atom stereocenters. The van der Waals surface area contributed by atoms with Crippen molar-refractivity contribution in [3.8, 4) is 16.9 Å². The van der Waals surface area contributed by atoms with Gasteiger partial charge in [0.1, 0.15) is 5.75 Å². The maximum absolute atomic E-state index is 10.4. The van der Waals surface area contributed by atoms with Gasteiger partial charge in [-0.1, -0.05) is 36.4 Å². The van der Waals surface area contributed by atoms with Crippen molar-refractivity contribution in [2.24, 2.45) is 0 Å². The zero-order chi connectivity index (χ0) is 16.8. The van der Waals surface area contributed by atoms with E-state index >= 15 is 0 Å². The molecule has 0 aromatic heterocycles. The molecule has 1 atom stereocenters. The van der Waals surface area contributed by atoms with E-state index in [1.165, 1.54) is 0 Å². The molecule has 24 heavy (non-hydrogen) atoms. The van der Waals surface area contributed by atoms with Gasteiger partial charge in [-0.25, -0.2) is 0 Å². The number of aliphatic hydroxyl groups excluding tert-OH is 1. The molecule has 4 nitrogen and oxygen atoms in total. The quantitative estimate of drug-likeness (QED) is 0.885. The van der Waals surface area contributed by atoms with E-state index in [2.05, 4.69) is 23.1 Å². The molecule has 0 aliphatic carbocycles. The fourth-order valence-electron chi connectivity index (χ4n) is 2.96. The minimum absolute atomic E-state index is 0.466. The third kappa shape index (κ3) is 4.35. The van der Waals surface area contributed by atoms with E-state index in [1.807, 2.05) is 37.3 Å². The lowest BCUT2D eigenvalue weighted by atomic mass is 10.0. The normalized spacial score (nSPS) is 16.8. The van der Waals surface area contributed by atoms with Crippen LogP contribution in [-0.4, -0.2) is 49.5 Å². The van der Waals surface area contributed by atoms with Gasteiger partial charge in [-0.15, -0.1) is 0 Å². The van der Waals surface area contributed by atoms with E-state index < -0.39 is 6.10 Å². The van der Waals surface area contributed by atoms with Gasteiger partial charge in [-0.05, 0) is 35.7 Å². The van der Waals surface area contributed by atoms with Crippen molar-refractivity contribution in [3.63, 3.8) is 0 Å². The lowest BCUT2D eigenvalue weighted by Gasteiger charge is -2.28. The molecule has 1 aliphatic rings. The molecule has 1 heterocycles. The van der Waals surface area contributed by atoms with Crippen molar-refractivity contribution in [3.05, 3.63) is 54.1 Å². The molecule has 4 heteroatoms. The summed E-state index contributed by atoms with van der Waals surface area (Å²) >= 11 is 0. The highest BCUT2D eigenvalue weighted by Gasteiger charge is 2.16. The van der Waals surface area contributed by atoms with Crippen LogP contribution in [0, 0.1) is 0 Å². The summed E-state index contributed by atoms with van der Waals surface area (Å²) in [5, 5.41) is 10.4. The molecule has 1 saturated heterocycles. The lowest BCUT2D eigenvalue weighted by molar-refractivity contribution is 0.0143. The number of rotatable bonds is 6. The number of benzene rings is 2. The average molecular weight is 327 g/mol. The molecule has 2 aromatic rings. The van der Waals surface area contributed by atoms with Gasteiger partial charge in [0.2, 0.25) is 0 Å². The first kappa shape index (κ1) is 17.0. The van der Waals surface area contributed by atoms with Crippen LogP contribution in [0.5, 0.6) is 5.75 Å². The Morgan fingerprint density at radius 3 is 2.54 bits per heavy atom. The van der Waals surface area contributed by atoms with Crippen LogP contribution >= 0.6 is 0 Å². The topological polar surface area (TPSA) is 41.9 Å². The number of aliphatic hydroxyl groups is 1.